The first kappa shape index (κ1) is 23.6. The minimum Gasteiger partial charge on any atom is -0.480 e. The first-order valence-corrected chi connectivity index (χ1v) is 11.8. The van der Waals surface area contributed by atoms with Crippen molar-refractivity contribution in [2.24, 2.45) is 5.73 Å². The van der Waals surface area contributed by atoms with Gasteiger partial charge in [-0.1, -0.05) is 18.2 Å². The van der Waals surface area contributed by atoms with Gasteiger partial charge in [0.25, 0.3) is 0 Å². The highest BCUT2D eigenvalue weighted by Crippen LogP contribution is 2.36. The standard InChI is InChI=1S/C23H25FN2O5S/c1-15-20(23(25,22(28)29)11-4-12-27)14-21(26(15)18-6-3-5-17(24)13-18)16-7-9-19(10-8-16)32(2,30)31/h3,5-10,13-14,27H,4,11-12,25H2,1-2H3,(H,28,29). The van der Waals surface area contributed by atoms with Gasteiger partial charge in [0.2, 0.25) is 0 Å². The molecule has 1 atom stereocenters. The Morgan fingerprint density at radius 1 is 1.16 bits per heavy atom. The van der Waals surface area contributed by atoms with E-state index in [4.69, 9.17) is 5.73 Å². The summed E-state index contributed by atoms with van der Waals surface area (Å²) < 4.78 is 39.3. The second kappa shape index (κ2) is 8.85. The molecule has 0 amide bonds. The number of aliphatic hydroxyl groups is 1. The smallest absolute Gasteiger partial charge is 0.328 e. The Bertz CT molecular complexity index is 1250. The predicted molar refractivity (Wildman–Crippen MR) is 119 cm³/mol. The molecular formula is C23H25FN2O5S. The maximum atomic E-state index is 14.0. The Morgan fingerprint density at radius 2 is 1.81 bits per heavy atom. The Kier molecular flexibility index (Phi) is 6.54. The molecule has 0 saturated heterocycles. The molecular weight excluding hydrogens is 435 g/mol. The maximum absolute atomic E-state index is 14.0. The number of carboxylic acids is 1. The second-order valence-electron chi connectivity index (χ2n) is 7.74. The number of hydrogen-bond acceptors (Lipinski definition) is 5. The van der Waals surface area contributed by atoms with E-state index in [1.54, 1.807) is 41.8 Å². The van der Waals surface area contributed by atoms with Crippen LogP contribution in [0.25, 0.3) is 16.9 Å². The summed E-state index contributed by atoms with van der Waals surface area (Å²) in [6, 6.07) is 13.6. The zero-order valence-corrected chi connectivity index (χ0v) is 18.6. The van der Waals surface area contributed by atoms with Gasteiger partial charge in [-0.3, -0.25) is 0 Å². The number of hydrogen-bond donors (Lipinski definition) is 3. The van der Waals surface area contributed by atoms with Gasteiger partial charge in [0, 0.05) is 29.8 Å². The average molecular weight is 461 g/mol. The third kappa shape index (κ3) is 4.45. The predicted octanol–water partition coefficient (Wildman–Crippen LogP) is 3.01. The number of nitrogens with two attached hydrogens (primary N) is 1. The van der Waals surface area contributed by atoms with Crippen molar-refractivity contribution in [1.82, 2.24) is 4.57 Å². The van der Waals surface area contributed by atoms with Crippen LogP contribution in [0.1, 0.15) is 24.1 Å². The second-order valence-corrected chi connectivity index (χ2v) is 9.76. The van der Waals surface area contributed by atoms with Crippen LogP contribution in [0.15, 0.2) is 59.5 Å². The van der Waals surface area contributed by atoms with Crippen LogP contribution >= 0.6 is 0 Å². The fraction of sp³-hybridized carbons (Fsp3) is 0.261. The molecule has 0 fully saturated rings. The van der Waals surface area contributed by atoms with Crippen LogP contribution in [-0.4, -0.2) is 42.0 Å². The summed E-state index contributed by atoms with van der Waals surface area (Å²) in [5, 5.41) is 19.1. The molecule has 4 N–H and O–H groups in total. The van der Waals surface area contributed by atoms with Crippen LogP contribution < -0.4 is 5.73 Å². The largest absolute Gasteiger partial charge is 0.480 e. The first-order valence-electron chi connectivity index (χ1n) is 9.91. The normalized spacial score (nSPS) is 13.7. The molecule has 7 nitrogen and oxygen atoms in total. The van der Waals surface area contributed by atoms with E-state index in [0.29, 0.717) is 28.2 Å². The van der Waals surface area contributed by atoms with Crippen LogP contribution in [0.2, 0.25) is 0 Å². The lowest BCUT2D eigenvalue weighted by atomic mass is 9.86. The first-order chi connectivity index (χ1) is 15.0. The molecule has 2 aromatic carbocycles. The third-order valence-corrected chi connectivity index (χ3v) is 6.61. The van der Waals surface area contributed by atoms with Crippen LogP contribution in [0.5, 0.6) is 0 Å². The Hall–Kier alpha value is -3.01. The van der Waals surface area contributed by atoms with Crippen LogP contribution in [-0.2, 0) is 20.2 Å². The van der Waals surface area contributed by atoms with Crippen molar-refractivity contribution < 1.29 is 27.8 Å². The summed E-state index contributed by atoms with van der Waals surface area (Å²) in [5.74, 6) is -1.71. The number of nitrogens with zero attached hydrogens (tertiary/aromatic N) is 1. The van der Waals surface area contributed by atoms with Gasteiger partial charge in [-0.05, 0) is 61.7 Å². The summed E-state index contributed by atoms with van der Waals surface area (Å²) in [6.45, 7) is 1.48. The number of rotatable bonds is 8. The van der Waals surface area contributed by atoms with Crippen molar-refractivity contribution in [2.75, 3.05) is 12.9 Å². The summed E-state index contributed by atoms with van der Waals surface area (Å²) in [7, 11) is -3.40. The number of aliphatic carboxylic acids is 1. The Labute approximate surface area is 185 Å². The van der Waals surface area contributed by atoms with Crippen molar-refractivity contribution in [3.63, 3.8) is 0 Å². The SMILES string of the molecule is Cc1c(C(N)(CCCO)C(=O)O)cc(-c2ccc(S(C)(=O)=O)cc2)n1-c1cccc(F)c1. The summed E-state index contributed by atoms with van der Waals surface area (Å²) in [5.41, 5.74) is 6.97. The Morgan fingerprint density at radius 3 is 2.34 bits per heavy atom. The monoisotopic (exact) mass is 460 g/mol. The van der Waals surface area contributed by atoms with E-state index in [1.165, 1.54) is 24.3 Å². The molecule has 0 aliphatic rings. The fourth-order valence-electron chi connectivity index (χ4n) is 3.81. The molecule has 1 unspecified atom stereocenters. The van der Waals surface area contributed by atoms with Gasteiger partial charge in [-0.15, -0.1) is 0 Å². The number of carbonyl (C=O) groups is 1. The molecule has 0 aliphatic carbocycles. The number of sulfone groups is 1. The number of aromatic nitrogens is 1. The van der Waals surface area contributed by atoms with E-state index in [-0.39, 0.29) is 24.3 Å². The molecule has 0 saturated carbocycles. The van der Waals surface area contributed by atoms with Gasteiger partial charge in [0.15, 0.2) is 9.84 Å². The molecule has 0 radical (unpaired) electrons. The zero-order chi connectivity index (χ0) is 23.7. The van der Waals surface area contributed by atoms with E-state index in [2.05, 4.69) is 0 Å². The number of carboxylic acid groups (broad SMARTS) is 1. The number of benzene rings is 2. The molecule has 3 rings (SSSR count). The van der Waals surface area contributed by atoms with Gasteiger partial charge < -0.3 is 20.5 Å². The molecule has 32 heavy (non-hydrogen) atoms. The molecule has 170 valence electrons. The van der Waals surface area contributed by atoms with Crippen molar-refractivity contribution in [2.45, 2.75) is 30.2 Å². The van der Waals surface area contributed by atoms with E-state index in [0.717, 1.165) is 6.26 Å². The van der Waals surface area contributed by atoms with E-state index >= 15 is 0 Å². The van der Waals surface area contributed by atoms with E-state index in [1.807, 2.05) is 0 Å². The molecule has 0 bridgehead atoms. The summed E-state index contributed by atoms with van der Waals surface area (Å²) in [4.78, 5) is 12.3. The van der Waals surface area contributed by atoms with Gasteiger partial charge in [0.1, 0.15) is 11.4 Å². The number of halogens is 1. The highest BCUT2D eigenvalue weighted by Gasteiger charge is 2.39. The lowest BCUT2D eigenvalue weighted by Crippen LogP contribution is -2.45. The minimum absolute atomic E-state index is 0.000701. The lowest BCUT2D eigenvalue weighted by Gasteiger charge is -2.25. The van der Waals surface area contributed by atoms with Gasteiger partial charge in [-0.25, -0.2) is 17.6 Å². The third-order valence-electron chi connectivity index (χ3n) is 5.48. The molecule has 0 spiro atoms. The van der Waals surface area contributed by atoms with E-state index < -0.39 is 27.2 Å². The molecule has 9 heteroatoms. The van der Waals surface area contributed by atoms with Crippen molar-refractivity contribution in [1.29, 1.82) is 0 Å². The van der Waals surface area contributed by atoms with Crippen LogP contribution in [0.3, 0.4) is 0 Å². The molecule has 1 heterocycles. The highest BCUT2D eigenvalue weighted by atomic mass is 32.2. The van der Waals surface area contributed by atoms with Gasteiger partial charge in [-0.2, -0.15) is 0 Å². The highest BCUT2D eigenvalue weighted by molar-refractivity contribution is 7.90. The Balaban J connectivity index is 2.28. The number of aliphatic hydroxyl groups excluding tert-OH is 1. The fourth-order valence-corrected chi connectivity index (χ4v) is 4.44. The minimum atomic E-state index is -3.40. The topological polar surface area (TPSA) is 123 Å². The average Bonchev–Trinajstić information content (AvgIpc) is 3.09. The lowest BCUT2D eigenvalue weighted by molar-refractivity contribution is -0.144. The quantitative estimate of drug-likeness (QED) is 0.475. The van der Waals surface area contributed by atoms with Crippen molar-refractivity contribution >= 4 is 15.8 Å². The van der Waals surface area contributed by atoms with Crippen molar-refractivity contribution in [3.8, 4) is 16.9 Å². The molecule has 0 aliphatic heterocycles. The van der Waals surface area contributed by atoms with Gasteiger partial charge >= 0.3 is 5.97 Å². The molecule has 1 aromatic heterocycles. The summed E-state index contributed by atoms with van der Waals surface area (Å²) >= 11 is 0. The maximum Gasteiger partial charge on any atom is 0.328 e. The van der Waals surface area contributed by atoms with Crippen LogP contribution in [0.4, 0.5) is 4.39 Å². The summed E-state index contributed by atoms with van der Waals surface area (Å²) in [6.07, 6.45) is 1.29. The molecule has 3 aromatic rings. The van der Waals surface area contributed by atoms with E-state index in [9.17, 15) is 27.8 Å². The van der Waals surface area contributed by atoms with Gasteiger partial charge in [0.05, 0.1) is 10.6 Å². The van der Waals surface area contributed by atoms with Crippen LogP contribution in [0, 0.1) is 12.7 Å². The zero-order valence-electron chi connectivity index (χ0n) is 17.7. The van der Waals surface area contributed by atoms with Crippen molar-refractivity contribution in [3.05, 3.63) is 71.7 Å².